The van der Waals surface area contributed by atoms with E-state index in [-0.39, 0.29) is 11.9 Å². The first-order valence-electron chi connectivity index (χ1n) is 5.92. The first-order valence-corrected chi connectivity index (χ1v) is 6.67. The molecule has 0 aliphatic carbocycles. The second-order valence-electron chi connectivity index (χ2n) is 4.32. The molecule has 1 aromatic heterocycles. The molecule has 0 fully saturated rings. The molecule has 1 heterocycles. The first-order chi connectivity index (χ1) is 9.47. The molecule has 104 valence electrons. The zero-order valence-corrected chi connectivity index (χ0v) is 12.2. The highest BCUT2D eigenvalue weighted by molar-refractivity contribution is 6.42. The Morgan fingerprint density at radius 1 is 1.20 bits per heavy atom. The van der Waals surface area contributed by atoms with Gasteiger partial charge in [-0.1, -0.05) is 29.3 Å². The number of carbonyl (C=O) groups excluding carboxylic acids is 1. The summed E-state index contributed by atoms with van der Waals surface area (Å²) in [6.45, 7) is 1.84. The lowest BCUT2D eigenvalue weighted by Crippen LogP contribution is -2.29. The van der Waals surface area contributed by atoms with Gasteiger partial charge in [0.1, 0.15) is 0 Å². The summed E-state index contributed by atoms with van der Waals surface area (Å²) < 4.78 is 0.624. The van der Waals surface area contributed by atoms with Gasteiger partial charge in [0, 0.05) is 12.1 Å². The van der Waals surface area contributed by atoms with Crippen molar-refractivity contribution in [2.45, 2.75) is 13.0 Å². The summed E-state index contributed by atoms with van der Waals surface area (Å²) in [6.07, 6.45) is 2.55. The maximum Gasteiger partial charge on any atom is 0.252 e. The summed E-state index contributed by atoms with van der Waals surface area (Å²) in [4.78, 5) is 12.0. The monoisotopic (exact) mass is 310 g/mol. The van der Waals surface area contributed by atoms with Crippen LogP contribution in [0.5, 0.6) is 0 Å². The van der Waals surface area contributed by atoms with Crippen molar-refractivity contribution in [2.24, 2.45) is 0 Å². The lowest BCUT2D eigenvalue weighted by molar-refractivity contribution is -0.605. The molecule has 0 radical (unpaired) electrons. The van der Waals surface area contributed by atoms with Gasteiger partial charge in [0.2, 0.25) is 0 Å². The predicted octanol–water partition coefficient (Wildman–Crippen LogP) is 3.12. The third-order valence-electron chi connectivity index (χ3n) is 2.86. The molecule has 0 spiro atoms. The minimum atomic E-state index is -0.260. The minimum absolute atomic E-state index is 0.225. The quantitative estimate of drug-likeness (QED) is 0.699. The minimum Gasteiger partial charge on any atom is -0.619 e. The molecule has 0 saturated heterocycles. The smallest absolute Gasteiger partial charge is 0.252 e. The van der Waals surface area contributed by atoms with Crippen LogP contribution in [0.3, 0.4) is 0 Å². The summed E-state index contributed by atoms with van der Waals surface area (Å²) in [5.74, 6) is -0.260. The average Bonchev–Trinajstić information content (AvgIpc) is 2.42. The highest BCUT2D eigenvalue weighted by atomic mass is 35.5. The van der Waals surface area contributed by atoms with Gasteiger partial charge in [-0.3, -0.25) is 4.79 Å². The number of amides is 1. The van der Waals surface area contributed by atoms with E-state index < -0.39 is 0 Å². The van der Waals surface area contributed by atoms with Gasteiger partial charge >= 0.3 is 0 Å². The van der Waals surface area contributed by atoms with E-state index in [1.165, 1.54) is 24.5 Å². The Morgan fingerprint density at radius 3 is 2.45 bits per heavy atom. The van der Waals surface area contributed by atoms with Gasteiger partial charge in [-0.25, -0.2) is 0 Å². The highest BCUT2D eigenvalue weighted by Crippen LogP contribution is 2.25. The van der Waals surface area contributed by atoms with E-state index in [0.717, 1.165) is 5.56 Å². The normalized spacial score (nSPS) is 11.9. The predicted molar refractivity (Wildman–Crippen MR) is 77.7 cm³/mol. The average molecular weight is 311 g/mol. The lowest BCUT2D eigenvalue weighted by atomic mass is 10.1. The number of nitrogens with one attached hydrogen (secondary N) is 1. The second kappa shape index (κ2) is 6.11. The zero-order valence-electron chi connectivity index (χ0n) is 10.6. The molecule has 1 aromatic carbocycles. The number of aromatic nitrogens is 1. The fraction of sp³-hybridized carbons (Fsp3) is 0.143. The molecule has 1 atom stereocenters. The van der Waals surface area contributed by atoms with E-state index in [0.29, 0.717) is 20.3 Å². The summed E-state index contributed by atoms with van der Waals surface area (Å²) >= 11 is 11.8. The van der Waals surface area contributed by atoms with Crippen LogP contribution < -0.4 is 10.0 Å². The molecule has 4 nitrogen and oxygen atoms in total. The van der Waals surface area contributed by atoms with Crippen molar-refractivity contribution in [2.75, 3.05) is 0 Å². The van der Waals surface area contributed by atoms with Crippen LogP contribution in [0.1, 0.15) is 28.9 Å². The standard InChI is InChI=1S/C14H12Cl2N2O2/c1-9(11-2-3-12(15)13(16)8-11)17-14(19)10-4-6-18(20)7-5-10/h2-9H,1H3,(H,17,19). The summed E-state index contributed by atoms with van der Waals surface area (Å²) in [6, 6.07) is 7.90. The van der Waals surface area contributed by atoms with Crippen LogP contribution in [-0.4, -0.2) is 5.91 Å². The van der Waals surface area contributed by atoms with Gasteiger partial charge in [0.25, 0.3) is 5.91 Å². The SMILES string of the molecule is CC(NC(=O)c1cc[n+]([O-])cc1)c1ccc(Cl)c(Cl)c1. The van der Waals surface area contributed by atoms with Crippen molar-refractivity contribution in [3.63, 3.8) is 0 Å². The Morgan fingerprint density at radius 2 is 1.85 bits per heavy atom. The van der Waals surface area contributed by atoms with E-state index in [4.69, 9.17) is 23.2 Å². The molecule has 6 heteroatoms. The summed E-state index contributed by atoms with van der Waals surface area (Å²) in [7, 11) is 0. The number of pyridine rings is 1. The number of nitrogens with zero attached hydrogens (tertiary/aromatic N) is 1. The van der Waals surface area contributed by atoms with Crippen LogP contribution >= 0.6 is 23.2 Å². The van der Waals surface area contributed by atoms with Crippen molar-refractivity contribution >= 4 is 29.1 Å². The molecule has 0 aliphatic heterocycles. The Balaban J connectivity index is 2.10. The number of hydrogen-bond acceptors (Lipinski definition) is 2. The fourth-order valence-electron chi connectivity index (χ4n) is 1.71. The number of halogens is 2. The van der Waals surface area contributed by atoms with Crippen LogP contribution in [0.2, 0.25) is 10.0 Å². The molecule has 0 saturated carbocycles. The van der Waals surface area contributed by atoms with E-state index >= 15 is 0 Å². The molecule has 1 unspecified atom stereocenters. The lowest BCUT2D eigenvalue weighted by Gasteiger charge is -2.15. The molecular weight excluding hydrogens is 299 g/mol. The molecule has 20 heavy (non-hydrogen) atoms. The van der Waals surface area contributed by atoms with Crippen molar-refractivity contribution in [3.05, 3.63) is 69.1 Å². The summed E-state index contributed by atoms with van der Waals surface area (Å²) in [5, 5.41) is 14.7. The Labute approximate surface area is 126 Å². The number of benzene rings is 1. The first kappa shape index (κ1) is 14.6. The van der Waals surface area contributed by atoms with Gasteiger partial charge in [0.05, 0.1) is 21.7 Å². The maximum atomic E-state index is 12.0. The molecule has 2 aromatic rings. The largest absolute Gasteiger partial charge is 0.619 e. The van der Waals surface area contributed by atoms with Crippen LogP contribution in [0.4, 0.5) is 0 Å². The van der Waals surface area contributed by atoms with Crippen molar-refractivity contribution in [3.8, 4) is 0 Å². The summed E-state index contributed by atoms with van der Waals surface area (Å²) in [5.41, 5.74) is 1.27. The third kappa shape index (κ3) is 3.40. The van der Waals surface area contributed by atoms with Gasteiger partial charge < -0.3 is 10.5 Å². The van der Waals surface area contributed by atoms with Gasteiger partial charge in [0.15, 0.2) is 12.4 Å². The topological polar surface area (TPSA) is 56.0 Å². The van der Waals surface area contributed by atoms with E-state index in [1.807, 2.05) is 6.92 Å². The number of carbonyl (C=O) groups is 1. The van der Waals surface area contributed by atoms with Crippen molar-refractivity contribution in [1.29, 1.82) is 0 Å². The molecule has 0 aliphatic rings. The van der Waals surface area contributed by atoms with E-state index in [9.17, 15) is 10.0 Å². The Bertz CT molecular complexity index is 630. The molecular formula is C14H12Cl2N2O2. The van der Waals surface area contributed by atoms with Gasteiger partial charge in [-0.15, -0.1) is 0 Å². The number of rotatable bonds is 3. The van der Waals surface area contributed by atoms with Crippen molar-refractivity contribution < 1.29 is 9.52 Å². The Hall–Kier alpha value is -1.78. The van der Waals surface area contributed by atoms with E-state index in [1.54, 1.807) is 18.2 Å². The third-order valence-corrected chi connectivity index (χ3v) is 3.59. The van der Waals surface area contributed by atoms with Crippen molar-refractivity contribution in [1.82, 2.24) is 5.32 Å². The van der Waals surface area contributed by atoms with Crippen LogP contribution in [0.15, 0.2) is 42.7 Å². The van der Waals surface area contributed by atoms with Crippen LogP contribution in [0, 0.1) is 5.21 Å². The molecule has 1 N–H and O–H groups in total. The van der Waals surface area contributed by atoms with Crippen LogP contribution in [0.25, 0.3) is 0 Å². The zero-order chi connectivity index (χ0) is 14.7. The molecule has 2 rings (SSSR count). The van der Waals surface area contributed by atoms with E-state index in [2.05, 4.69) is 5.32 Å². The molecule has 0 bridgehead atoms. The maximum absolute atomic E-state index is 12.0. The van der Waals surface area contributed by atoms with Gasteiger partial charge in [-0.05, 0) is 24.6 Å². The fourth-order valence-corrected chi connectivity index (χ4v) is 2.02. The second-order valence-corrected chi connectivity index (χ2v) is 5.13. The number of hydrogen-bond donors (Lipinski definition) is 1. The Kier molecular flexibility index (Phi) is 4.47. The molecule has 1 amide bonds. The van der Waals surface area contributed by atoms with Gasteiger partial charge in [-0.2, -0.15) is 4.73 Å². The van der Waals surface area contributed by atoms with Crippen LogP contribution in [-0.2, 0) is 0 Å². The highest BCUT2D eigenvalue weighted by Gasteiger charge is 2.13.